The molecule has 0 bridgehead atoms. The molecule has 1 amide bonds. The van der Waals surface area contributed by atoms with Gasteiger partial charge in [-0.15, -0.1) is 0 Å². The van der Waals surface area contributed by atoms with Crippen molar-refractivity contribution in [3.8, 4) is 0 Å². The molecule has 2 heterocycles. The third kappa shape index (κ3) is 4.03. The fraction of sp³-hybridized carbons (Fsp3) is 0.474. The summed E-state index contributed by atoms with van der Waals surface area (Å²) < 4.78 is 27.6. The normalized spacial score (nSPS) is 17.5. The molecule has 4 nitrogen and oxygen atoms in total. The Balaban J connectivity index is 1.64. The van der Waals surface area contributed by atoms with Gasteiger partial charge in [-0.25, -0.2) is 13.8 Å². The Kier molecular flexibility index (Phi) is 5.86. The maximum absolute atomic E-state index is 13.8. The van der Waals surface area contributed by atoms with E-state index in [0.717, 1.165) is 18.5 Å². The molecule has 1 fully saturated rings. The summed E-state index contributed by atoms with van der Waals surface area (Å²) in [6.07, 6.45) is 3.53. The summed E-state index contributed by atoms with van der Waals surface area (Å²) >= 11 is 1.23. The molecule has 0 radical (unpaired) electrons. The van der Waals surface area contributed by atoms with E-state index in [2.05, 4.69) is 4.98 Å². The van der Waals surface area contributed by atoms with E-state index in [1.807, 2.05) is 11.8 Å². The van der Waals surface area contributed by atoms with Crippen molar-refractivity contribution in [2.75, 3.05) is 18.8 Å². The van der Waals surface area contributed by atoms with Gasteiger partial charge < -0.3 is 10.6 Å². The van der Waals surface area contributed by atoms with Gasteiger partial charge in [0.25, 0.3) is 5.91 Å². The van der Waals surface area contributed by atoms with Crippen LogP contribution < -0.4 is 5.73 Å². The van der Waals surface area contributed by atoms with Crippen molar-refractivity contribution < 1.29 is 13.6 Å². The number of anilines is 1. The number of likely N-dealkylation sites (tertiary alicyclic amines) is 1. The maximum atomic E-state index is 13.8. The summed E-state index contributed by atoms with van der Waals surface area (Å²) in [5, 5.41) is 0.411. The van der Waals surface area contributed by atoms with E-state index >= 15 is 0 Å². The summed E-state index contributed by atoms with van der Waals surface area (Å²) in [6, 6.07) is 3.95. The van der Waals surface area contributed by atoms with Gasteiger partial charge in [-0.3, -0.25) is 4.79 Å². The SMILES string of the molecule is CCc1nc(N)sc1C(=O)N1CCCC(CCc2c(F)cccc2F)C1. The molecule has 1 aromatic heterocycles. The molecule has 2 N–H and O–H groups in total. The summed E-state index contributed by atoms with van der Waals surface area (Å²) in [6.45, 7) is 3.26. The molecule has 1 aromatic carbocycles. The zero-order chi connectivity index (χ0) is 18.7. The lowest BCUT2D eigenvalue weighted by Crippen LogP contribution is -2.40. The molecule has 1 atom stereocenters. The van der Waals surface area contributed by atoms with Gasteiger partial charge in [0, 0.05) is 18.7 Å². The number of nitrogens with zero attached hydrogens (tertiary/aromatic N) is 2. The van der Waals surface area contributed by atoms with Gasteiger partial charge in [-0.05, 0) is 50.2 Å². The Bertz CT molecular complexity index is 773. The molecule has 3 rings (SSSR count). The lowest BCUT2D eigenvalue weighted by Gasteiger charge is -2.32. The Hall–Kier alpha value is -2.02. The maximum Gasteiger partial charge on any atom is 0.265 e. The summed E-state index contributed by atoms with van der Waals surface area (Å²) in [5.74, 6) is -0.789. The van der Waals surface area contributed by atoms with Gasteiger partial charge in [0.2, 0.25) is 0 Å². The van der Waals surface area contributed by atoms with Crippen LogP contribution in [0, 0.1) is 17.6 Å². The molecule has 26 heavy (non-hydrogen) atoms. The molecule has 2 aromatic rings. The molecule has 0 saturated carbocycles. The van der Waals surface area contributed by atoms with E-state index in [1.54, 1.807) is 0 Å². The molecule has 1 aliphatic heterocycles. The number of halogens is 2. The van der Waals surface area contributed by atoms with Gasteiger partial charge in [0.1, 0.15) is 16.5 Å². The summed E-state index contributed by atoms with van der Waals surface area (Å²) in [4.78, 5) is 19.5. The molecule has 0 spiro atoms. The molecule has 1 saturated heterocycles. The van der Waals surface area contributed by atoms with Crippen molar-refractivity contribution in [3.05, 3.63) is 46.0 Å². The summed E-state index contributed by atoms with van der Waals surface area (Å²) in [5.41, 5.74) is 6.64. The van der Waals surface area contributed by atoms with Crippen LogP contribution >= 0.6 is 11.3 Å². The highest BCUT2D eigenvalue weighted by atomic mass is 32.1. The zero-order valence-electron chi connectivity index (χ0n) is 14.8. The number of rotatable bonds is 5. The molecule has 1 unspecified atom stereocenters. The standard InChI is InChI=1S/C19H23F2N3OS/c1-2-16-17(26-19(22)23-16)18(25)24-10-4-5-12(11-24)8-9-13-14(20)6-3-7-15(13)21/h3,6-7,12H,2,4-5,8-11H2,1H3,(H2,22,23). The molecule has 0 aliphatic carbocycles. The van der Waals surface area contributed by atoms with Crippen LogP contribution in [0.25, 0.3) is 0 Å². The first-order valence-corrected chi connectivity index (χ1v) is 9.78. The van der Waals surface area contributed by atoms with Crippen LogP contribution in [-0.2, 0) is 12.8 Å². The minimum atomic E-state index is -0.499. The fourth-order valence-corrected chi connectivity index (χ4v) is 4.41. The number of amides is 1. The number of thiazole rings is 1. The second kappa shape index (κ2) is 8.12. The molecule has 7 heteroatoms. The second-order valence-electron chi connectivity index (χ2n) is 6.68. The number of carbonyl (C=O) groups excluding carboxylic acids is 1. The Morgan fingerprint density at radius 2 is 2.12 bits per heavy atom. The highest BCUT2D eigenvalue weighted by Crippen LogP contribution is 2.27. The van der Waals surface area contributed by atoms with Gasteiger partial charge in [0.15, 0.2) is 5.13 Å². The number of hydrogen-bond acceptors (Lipinski definition) is 4. The number of piperidine rings is 1. The zero-order valence-corrected chi connectivity index (χ0v) is 15.6. The summed E-state index contributed by atoms with van der Waals surface area (Å²) in [7, 11) is 0. The van der Waals surface area contributed by atoms with Crippen LogP contribution in [-0.4, -0.2) is 28.9 Å². The lowest BCUT2D eigenvalue weighted by atomic mass is 9.91. The highest BCUT2D eigenvalue weighted by Gasteiger charge is 2.27. The lowest BCUT2D eigenvalue weighted by molar-refractivity contribution is 0.0671. The molecule has 1 aliphatic rings. The minimum Gasteiger partial charge on any atom is -0.375 e. The fourth-order valence-electron chi connectivity index (χ4n) is 3.53. The number of aryl methyl sites for hydroxylation is 1. The first-order valence-electron chi connectivity index (χ1n) is 8.97. The third-order valence-corrected chi connectivity index (χ3v) is 5.83. The largest absolute Gasteiger partial charge is 0.375 e. The van der Waals surface area contributed by atoms with Crippen LogP contribution in [0.5, 0.6) is 0 Å². The molecule has 140 valence electrons. The Morgan fingerprint density at radius 1 is 1.38 bits per heavy atom. The van der Waals surface area contributed by atoms with E-state index in [1.165, 1.54) is 29.5 Å². The van der Waals surface area contributed by atoms with Crippen LogP contribution in [0.3, 0.4) is 0 Å². The Labute approximate surface area is 156 Å². The third-order valence-electron chi connectivity index (χ3n) is 4.91. The predicted molar refractivity (Wildman–Crippen MR) is 99.2 cm³/mol. The average molecular weight is 379 g/mol. The smallest absolute Gasteiger partial charge is 0.265 e. The van der Waals surface area contributed by atoms with Crippen molar-refractivity contribution in [1.82, 2.24) is 9.88 Å². The monoisotopic (exact) mass is 379 g/mol. The van der Waals surface area contributed by atoms with Crippen LogP contribution in [0.1, 0.15) is 47.1 Å². The van der Waals surface area contributed by atoms with Crippen LogP contribution in [0.4, 0.5) is 13.9 Å². The van der Waals surface area contributed by atoms with Crippen molar-refractivity contribution in [3.63, 3.8) is 0 Å². The molecular weight excluding hydrogens is 356 g/mol. The average Bonchev–Trinajstić information content (AvgIpc) is 3.02. The van der Waals surface area contributed by atoms with Gasteiger partial charge in [-0.1, -0.05) is 24.3 Å². The van der Waals surface area contributed by atoms with E-state index in [0.29, 0.717) is 42.4 Å². The van der Waals surface area contributed by atoms with Gasteiger partial charge in [0.05, 0.1) is 5.69 Å². The van der Waals surface area contributed by atoms with Crippen LogP contribution in [0.15, 0.2) is 18.2 Å². The van der Waals surface area contributed by atoms with E-state index in [4.69, 9.17) is 5.73 Å². The van der Waals surface area contributed by atoms with E-state index in [9.17, 15) is 13.6 Å². The molecular formula is C19H23F2N3OS. The minimum absolute atomic E-state index is 0.0298. The first kappa shape index (κ1) is 18.8. The van der Waals surface area contributed by atoms with E-state index < -0.39 is 11.6 Å². The predicted octanol–water partition coefficient (Wildman–Crippen LogP) is 4.05. The van der Waals surface area contributed by atoms with Crippen molar-refractivity contribution in [1.29, 1.82) is 0 Å². The van der Waals surface area contributed by atoms with Crippen LogP contribution in [0.2, 0.25) is 0 Å². The van der Waals surface area contributed by atoms with E-state index in [-0.39, 0.29) is 17.4 Å². The van der Waals surface area contributed by atoms with Crippen molar-refractivity contribution >= 4 is 22.4 Å². The number of nitrogens with two attached hydrogens (primary N) is 1. The highest BCUT2D eigenvalue weighted by molar-refractivity contribution is 7.17. The van der Waals surface area contributed by atoms with Crippen molar-refractivity contribution in [2.45, 2.75) is 39.0 Å². The number of benzene rings is 1. The van der Waals surface area contributed by atoms with Gasteiger partial charge >= 0.3 is 0 Å². The number of carbonyl (C=O) groups is 1. The Morgan fingerprint density at radius 3 is 2.81 bits per heavy atom. The number of hydrogen-bond donors (Lipinski definition) is 1. The van der Waals surface area contributed by atoms with Gasteiger partial charge in [-0.2, -0.15) is 0 Å². The quantitative estimate of drug-likeness (QED) is 0.853. The topological polar surface area (TPSA) is 59.2 Å². The second-order valence-corrected chi connectivity index (χ2v) is 7.71. The van der Waals surface area contributed by atoms with Crippen molar-refractivity contribution in [2.24, 2.45) is 5.92 Å². The first-order chi connectivity index (χ1) is 12.5. The number of nitrogen functional groups attached to an aromatic ring is 1. The number of aromatic nitrogens is 1.